The van der Waals surface area contributed by atoms with Gasteiger partial charge in [0.15, 0.2) is 11.0 Å². The second-order valence-corrected chi connectivity index (χ2v) is 8.40. The van der Waals surface area contributed by atoms with Crippen molar-refractivity contribution in [3.63, 3.8) is 0 Å². The zero-order valence-corrected chi connectivity index (χ0v) is 19.1. The second-order valence-electron chi connectivity index (χ2n) is 6.54. The van der Waals surface area contributed by atoms with E-state index in [9.17, 15) is 9.59 Å². The zero-order valence-electron chi connectivity index (χ0n) is 16.7. The number of anilines is 1. The van der Waals surface area contributed by atoms with Crippen molar-refractivity contribution in [1.29, 1.82) is 0 Å². The number of carbonyl (C=O) groups excluding carboxylic acids is 2. The molecule has 0 fully saturated rings. The molecule has 9 heteroatoms. The van der Waals surface area contributed by atoms with Gasteiger partial charge in [0, 0.05) is 22.3 Å². The summed E-state index contributed by atoms with van der Waals surface area (Å²) in [4.78, 5) is 24.6. The van der Waals surface area contributed by atoms with Crippen molar-refractivity contribution in [3.8, 4) is 0 Å². The first kappa shape index (κ1) is 22.0. The van der Waals surface area contributed by atoms with Gasteiger partial charge in [-0.3, -0.25) is 9.59 Å². The fourth-order valence-electron chi connectivity index (χ4n) is 2.82. The second kappa shape index (κ2) is 10.4. The molecule has 1 heterocycles. The number of thioether (sulfide) groups is 1. The topological polar surface area (TPSA) is 88.9 Å². The molecule has 0 bridgehead atoms. The lowest BCUT2D eigenvalue weighted by molar-refractivity contribution is -0.113. The third-order valence-electron chi connectivity index (χ3n) is 4.24. The van der Waals surface area contributed by atoms with Gasteiger partial charge in [0.1, 0.15) is 0 Å². The van der Waals surface area contributed by atoms with Crippen molar-refractivity contribution in [1.82, 2.24) is 20.1 Å². The summed E-state index contributed by atoms with van der Waals surface area (Å²) in [5, 5.41) is 14.7. The normalized spacial score (nSPS) is 10.6. The number of amides is 2. The van der Waals surface area contributed by atoms with E-state index in [2.05, 4.69) is 36.8 Å². The van der Waals surface area contributed by atoms with E-state index in [-0.39, 0.29) is 24.1 Å². The number of aromatic nitrogens is 3. The smallest absolute Gasteiger partial charge is 0.251 e. The Bertz CT molecular complexity index is 1050. The van der Waals surface area contributed by atoms with E-state index >= 15 is 0 Å². The van der Waals surface area contributed by atoms with Crippen molar-refractivity contribution < 1.29 is 9.59 Å². The Morgan fingerprint density at radius 2 is 1.93 bits per heavy atom. The highest BCUT2D eigenvalue weighted by Crippen LogP contribution is 2.19. The summed E-state index contributed by atoms with van der Waals surface area (Å²) in [6, 6.07) is 14.8. The van der Waals surface area contributed by atoms with Crippen LogP contribution in [0.4, 0.5) is 5.69 Å². The number of halogens is 1. The molecule has 0 radical (unpaired) electrons. The molecule has 0 atom stereocenters. The Morgan fingerprint density at radius 1 is 1.13 bits per heavy atom. The van der Waals surface area contributed by atoms with Gasteiger partial charge in [0.2, 0.25) is 5.91 Å². The van der Waals surface area contributed by atoms with Crippen molar-refractivity contribution in [2.24, 2.45) is 0 Å². The highest BCUT2D eigenvalue weighted by Gasteiger charge is 2.14. The van der Waals surface area contributed by atoms with Crippen LogP contribution in [0.5, 0.6) is 0 Å². The fourth-order valence-corrected chi connectivity index (χ4v) is 4.04. The van der Waals surface area contributed by atoms with Gasteiger partial charge in [-0.1, -0.05) is 51.5 Å². The zero-order chi connectivity index (χ0) is 21.5. The number of rotatable bonds is 8. The van der Waals surface area contributed by atoms with Gasteiger partial charge in [0.25, 0.3) is 5.91 Å². The molecule has 30 heavy (non-hydrogen) atoms. The minimum atomic E-state index is -0.160. The third kappa shape index (κ3) is 5.93. The molecule has 1 aromatic heterocycles. The van der Waals surface area contributed by atoms with Crippen LogP contribution in [0.2, 0.25) is 0 Å². The van der Waals surface area contributed by atoms with E-state index in [1.54, 1.807) is 6.07 Å². The van der Waals surface area contributed by atoms with Crippen LogP contribution in [0.15, 0.2) is 58.2 Å². The van der Waals surface area contributed by atoms with E-state index in [0.717, 1.165) is 15.7 Å². The Hall–Kier alpha value is -2.65. The summed E-state index contributed by atoms with van der Waals surface area (Å²) < 4.78 is 2.80. The molecular formula is C21H22BrN5O2S. The van der Waals surface area contributed by atoms with E-state index in [1.165, 1.54) is 11.8 Å². The number of aryl methyl sites for hydroxylation is 1. The summed E-state index contributed by atoms with van der Waals surface area (Å²) in [7, 11) is 0. The van der Waals surface area contributed by atoms with E-state index in [0.29, 0.717) is 23.1 Å². The summed E-state index contributed by atoms with van der Waals surface area (Å²) in [5.41, 5.74) is 2.36. The number of benzene rings is 2. The summed E-state index contributed by atoms with van der Waals surface area (Å²) in [5.74, 6) is 0.568. The summed E-state index contributed by atoms with van der Waals surface area (Å²) in [6.07, 6.45) is 0. The van der Waals surface area contributed by atoms with E-state index in [1.807, 2.05) is 60.9 Å². The molecule has 0 saturated carbocycles. The van der Waals surface area contributed by atoms with E-state index in [4.69, 9.17) is 0 Å². The average Bonchev–Trinajstić information content (AvgIpc) is 3.12. The van der Waals surface area contributed by atoms with Gasteiger partial charge in [0.05, 0.1) is 12.3 Å². The molecule has 0 spiro atoms. The van der Waals surface area contributed by atoms with Crippen molar-refractivity contribution in [2.75, 3.05) is 11.1 Å². The molecule has 3 rings (SSSR count). The maximum absolute atomic E-state index is 12.4. The van der Waals surface area contributed by atoms with Crippen LogP contribution in [0.25, 0.3) is 0 Å². The molecule has 0 aliphatic rings. The van der Waals surface area contributed by atoms with Gasteiger partial charge < -0.3 is 15.2 Å². The number of carbonyl (C=O) groups is 2. The lowest BCUT2D eigenvalue weighted by atomic mass is 10.1. The predicted octanol–water partition coefficient (Wildman–Crippen LogP) is 4.03. The van der Waals surface area contributed by atoms with Gasteiger partial charge in [-0.05, 0) is 44.2 Å². The SMILES string of the molecule is CCn1c(CNC(=O)c2cccc(C)c2)nnc1SCC(=O)Nc1cccc(Br)c1. The number of nitrogens with one attached hydrogen (secondary N) is 2. The standard InChI is InChI=1S/C21H22BrN5O2S/c1-3-27-18(12-23-20(29)15-7-4-6-14(2)10-15)25-26-21(27)30-13-19(28)24-17-9-5-8-16(22)11-17/h4-11H,3,12-13H2,1-2H3,(H,23,29)(H,24,28). The number of nitrogens with zero attached hydrogens (tertiary/aromatic N) is 3. The highest BCUT2D eigenvalue weighted by atomic mass is 79.9. The van der Waals surface area contributed by atoms with Crippen LogP contribution >= 0.6 is 27.7 Å². The number of hydrogen-bond donors (Lipinski definition) is 2. The van der Waals surface area contributed by atoms with Gasteiger partial charge in [-0.15, -0.1) is 10.2 Å². The molecule has 2 aromatic carbocycles. The first-order chi connectivity index (χ1) is 14.5. The molecule has 0 aliphatic carbocycles. The summed E-state index contributed by atoms with van der Waals surface area (Å²) >= 11 is 4.69. The molecule has 3 aromatic rings. The maximum Gasteiger partial charge on any atom is 0.251 e. The third-order valence-corrected chi connectivity index (χ3v) is 5.70. The van der Waals surface area contributed by atoms with Crippen LogP contribution in [0.1, 0.15) is 28.7 Å². The molecule has 0 aliphatic heterocycles. The quantitative estimate of drug-likeness (QED) is 0.468. The van der Waals surface area contributed by atoms with Gasteiger partial charge in [-0.25, -0.2) is 0 Å². The van der Waals surface area contributed by atoms with Crippen LogP contribution in [0.3, 0.4) is 0 Å². The Labute approximate surface area is 187 Å². The Kier molecular flexibility index (Phi) is 7.64. The van der Waals surface area contributed by atoms with Crippen LogP contribution in [-0.4, -0.2) is 32.3 Å². The lowest BCUT2D eigenvalue weighted by Crippen LogP contribution is -2.25. The Balaban J connectivity index is 1.57. The van der Waals surface area contributed by atoms with Crippen molar-refractivity contribution in [3.05, 3.63) is 70.0 Å². The molecular weight excluding hydrogens is 466 g/mol. The van der Waals surface area contributed by atoms with Gasteiger partial charge >= 0.3 is 0 Å². The molecule has 156 valence electrons. The van der Waals surface area contributed by atoms with Crippen molar-refractivity contribution >= 4 is 45.2 Å². The Morgan fingerprint density at radius 3 is 2.67 bits per heavy atom. The lowest BCUT2D eigenvalue weighted by Gasteiger charge is -2.09. The molecule has 0 saturated heterocycles. The fraction of sp³-hybridized carbons (Fsp3) is 0.238. The van der Waals surface area contributed by atoms with Crippen LogP contribution in [0, 0.1) is 6.92 Å². The highest BCUT2D eigenvalue weighted by molar-refractivity contribution is 9.10. The van der Waals surface area contributed by atoms with Crippen LogP contribution < -0.4 is 10.6 Å². The number of hydrogen-bond acceptors (Lipinski definition) is 5. The van der Waals surface area contributed by atoms with E-state index < -0.39 is 0 Å². The first-order valence-corrected chi connectivity index (χ1v) is 11.2. The predicted molar refractivity (Wildman–Crippen MR) is 122 cm³/mol. The molecule has 7 nitrogen and oxygen atoms in total. The molecule has 2 amide bonds. The molecule has 2 N–H and O–H groups in total. The largest absolute Gasteiger partial charge is 0.345 e. The monoisotopic (exact) mass is 487 g/mol. The summed E-state index contributed by atoms with van der Waals surface area (Å²) in [6.45, 7) is 4.82. The minimum absolute atomic E-state index is 0.127. The van der Waals surface area contributed by atoms with Gasteiger partial charge in [-0.2, -0.15) is 0 Å². The van der Waals surface area contributed by atoms with Crippen molar-refractivity contribution in [2.45, 2.75) is 32.1 Å². The minimum Gasteiger partial charge on any atom is -0.345 e. The van der Waals surface area contributed by atoms with Crippen LogP contribution in [-0.2, 0) is 17.9 Å². The average molecular weight is 488 g/mol. The first-order valence-electron chi connectivity index (χ1n) is 9.41. The maximum atomic E-state index is 12.4. The molecule has 0 unspecified atom stereocenters.